The van der Waals surface area contributed by atoms with Gasteiger partial charge in [-0.3, -0.25) is 4.79 Å². The van der Waals surface area contributed by atoms with Gasteiger partial charge >= 0.3 is 5.97 Å². The maximum atomic E-state index is 11.6. The average molecular weight is 302 g/mol. The Morgan fingerprint density at radius 3 is 2.60 bits per heavy atom. The van der Waals surface area contributed by atoms with E-state index in [9.17, 15) is 14.7 Å². The highest BCUT2D eigenvalue weighted by Gasteiger charge is 2.25. The number of carbonyl (C=O) groups is 2. The van der Waals surface area contributed by atoms with Crippen LogP contribution in [0, 0.1) is 6.92 Å². The Labute approximate surface area is 121 Å². The molecule has 0 aliphatic carbocycles. The maximum Gasteiger partial charge on any atom is 0.328 e. The molecule has 0 saturated carbocycles. The second-order valence-electron chi connectivity index (χ2n) is 4.32. The SMILES string of the molecule is Cc1cc(Cl)ccc1OCC(=O)NC(C(=O)O)C(C)O. The van der Waals surface area contributed by atoms with Gasteiger partial charge in [-0.2, -0.15) is 0 Å². The van der Waals surface area contributed by atoms with E-state index in [4.69, 9.17) is 21.4 Å². The zero-order valence-corrected chi connectivity index (χ0v) is 11.8. The van der Waals surface area contributed by atoms with E-state index in [0.717, 1.165) is 5.56 Å². The van der Waals surface area contributed by atoms with Gasteiger partial charge in [0.05, 0.1) is 6.10 Å². The monoisotopic (exact) mass is 301 g/mol. The highest BCUT2D eigenvalue weighted by molar-refractivity contribution is 6.30. The first-order valence-electron chi connectivity index (χ1n) is 5.90. The van der Waals surface area contributed by atoms with E-state index in [2.05, 4.69) is 5.32 Å². The van der Waals surface area contributed by atoms with Gasteiger partial charge in [0.15, 0.2) is 12.6 Å². The van der Waals surface area contributed by atoms with E-state index < -0.39 is 24.0 Å². The van der Waals surface area contributed by atoms with Crippen LogP contribution in [0.1, 0.15) is 12.5 Å². The van der Waals surface area contributed by atoms with Gasteiger partial charge in [0.2, 0.25) is 0 Å². The number of halogens is 1. The molecule has 1 aromatic carbocycles. The van der Waals surface area contributed by atoms with E-state index in [0.29, 0.717) is 10.8 Å². The summed E-state index contributed by atoms with van der Waals surface area (Å²) < 4.78 is 5.27. The molecule has 20 heavy (non-hydrogen) atoms. The molecule has 3 N–H and O–H groups in total. The molecule has 1 amide bonds. The molecule has 0 aliphatic heterocycles. The molecule has 0 spiro atoms. The van der Waals surface area contributed by atoms with E-state index in [-0.39, 0.29) is 6.61 Å². The van der Waals surface area contributed by atoms with Gasteiger partial charge in [-0.25, -0.2) is 4.79 Å². The van der Waals surface area contributed by atoms with Gasteiger partial charge in [-0.15, -0.1) is 0 Å². The molecule has 2 atom stereocenters. The van der Waals surface area contributed by atoms with Crippen molar-refractivity contribution in [1.29, 1.82) is 0 Å². The van der Waals surface area contributed by atoms with Crippen molar-refractivity contribution in [2.24, 2.45) is 0 Å². The van der Waals surface area contributed by atoms with Crippen molar-refractivity contribution in [2.75, 3.05) is 6.61 Å². The molecule has 7 heteroatoms. The van der Waals surface area contributed by atoms with Crippen LogP contribution in [0.25, 0.3) is 0 Å². The third-order valence-electron chi connectivity index (χ3n) is 2.56. The number of amides is 1. The molecule has 0 heterocycles. The highest BCUT2D eigenvalue weighted by Crippen LogP contribution is 2.21. The van der Waals surface area contributed by atoms with Crippen molar-refractivity contribution in [3.63, 3.8) is 0 Å². The molecule has 0 fully saturated rings. The maximum absolute atomic E-state index is 11.6. The predicted molar refractivity (Wildman–Crippen MR) is 72.9 cm³/mol. The molecule has 0 bridgehead atoms. The number of benzene rings is 1. The summed E-state index contributed by atoms with van der Waals surface area (Å²) in [5, 5.41) is 20.8. The molecule has 0 aliphatic rings. The van der Waals surface area contributed by atoms with Crippen LogP contribution in [-0.4, -0.2) is 40.8 Å². The predicted octanol–water partition coefficient (Wildman–Crippen LogP) is 0.977. The zero-order chi connectivity index (χ0) is 15.3. The molecule has 0 radical (unpaired) electrons. The number of carboxylic acids is 1. The summed E-state index contributed by atoms with van der Waals surface area (Å²) in [6.45, 7) is 2.71. The number of carboxylic acid groups (broad SMARTS) is 1. The lowest BCUT2D eigenvalue weighted by Crippen LogP contribution is -2.49. The number of ether oxygens (including phenoxy) is 1. The Morgan fingerprint density at radius 2 is 2.10 bits per heavy atom. The first-order valence-corrected chi connectivity index (χ1v) is 6.28. The zero-order valence-electron chi connectivity index (χ0n) is 11.1. The molecular formula is C13H16ClNO5. The minimum atomic E-state index is -1.36. The van der Waals surface area contributed by atoms with Gasteiger partial charge in [0, 0.05) is 5.02 Å². The third-order valence-corrected chi connectivity index (χ3v) is 2.80. The third kappa shape index (κ3) is 4.71. The topological polar surface area (TPSA) is 95.9 Å². The van der Waals surface area contributed by atoms with Crippen LogP contribution in [0.3, 0.4) is 0 Å². The number of rotatable bonds is 6. The summed E-state index contributed by atoms with van der Waals surface area (Å²) in [7, 11) is 0. The van der Waals surface area contributed by atoms with E-state index in [1.165, 1.54) is 6.92 Å². The first kappa shape index (κ1) is 16.3. The fourth-order valence-electron chi connectivity index (χ4n) is 1.52. The van der Waals surface area contributed by atoms with Crippen LogP contribution in [0.5, 0.6) is 5.75 Å². The number of aryl methyl sites for hydroxylation is 1. The number of hydrogen-bond donors (Lipinski definition) is 3. The normalized spacial score (nSPS) is 13.4. The quantitative estimate of drug-likeness (QED) is 0.728. The summed E-state index contributed by atoms with van der Waals surface area (Å²) in [5.41, 5.74) is 0.760. The highest BCUT2D eigenvalue weighted by atomic mass is 35.5. The van der Waals surface area contributed by atoms with Gasteiger partial charge in [-0.05, 0) is 37.6 Å². The van der Waals surface area contributed by atoms with Crippen molar-refractivity contribution in [3.05, 3.63) is 28.8 Å². The summed E-state index contributed by atoms with van der Waals surface area (Å²) >= 11 is 5.79. The smallest absolute Gasteiger partial charge is 0.328 e. The molecule has 0 saturated heterocycles. The summed E-state index contributed by atoms with van der Waals surface area (Å²) in [5.74, 6) is -1.46. The number of nitrogens with one attached hydrogen (secondary N) is 1. The first-order chi connectivity index (χ1) is 9.31. The largest absolute Gasteiger partial charge is 0.484 e. The summed E-state index contributed by atoms with van der Waals surface area (Å²) in [4.78, 5) is 22.4. The number of hydrogen-bond acceptors (Lipinski definition) is 4. The van der Waals surface area contributed by atoms with Crippen molar-refractivity contribution < 1.29 is 24.5 Å². The summed E-state index contributed by atoms with van der Waals surface area (Å²) in [6.07, 6.45) is -1.20. The van der Waals surface area contributed by atoms with Crippen molar-refractivity contribution in [2.45, 2.75) is 26.0 Å². The Hall–Kier alpha value is -1.79. The van der Waals surface area contributed by atoms with Crippen LogP contribution < -0.4 is 10.1 Å². The van der Waals surface area contributed by atoms with E-state index in [1.54, 1.807) is 25.1 Å². The molecule has 110 valence electrons. The number of aliphatic carboxylic acids is 1. The van der Waals surface area contributed by atoms with Gasteiger partial charge < -0.3 is 20.3 Å². The average Bonchev–Trinajstić information content (AvgIpc) is 2.34. The minimum absolute atomic E-state index is 0.348. The molecule has 1 aromatic rings. The second-order valence-corrected chi connectivity index (χ2v) is 4.76. The van der Waals surface area contributed by atoms with Crippen molar-refractivity contribution >= 4 is 23.5 Å². The van der Waals surface area contributed by atoms with Crippen molar-refractivity contribution in [3.8, 4) is 5.75 Å². The van der Waals surface area contributed by atoms with Gasteiger partial charge in [0.1, 0.15) is 5.75 Å². The van der Waals surface area contributed by atoms with Gasteiger partial charge in [-0.1, -0.05) is 11.6 Å². The molecule has 6 nitrogen and oxygen atoms in total. The van der Waals surface area contributed by atoms with Gasteiger partial charge in [0.25, 0.3) is 5.91 Å². The number of aliphatic hydroxyl groups is 1. The molecule has 2 unspecified atom stereocenters. The summed E-state index contributed by atoms with van der Waals surface area (Å²) in [6, 6.07) is 3.56. The fourth-order valence-corrected chi connectivity index (χ4v) is 1.75. The number of aliphatic hydroxyl groups excluding tert-OH is 1. The standard InChI is InChI=1S/C13H16ClNO5/c1-7-5-9(14)3-4-10(7)20-6-11(17)15-12(8(2)16)13(18)19/h3-5,8,12,16H,6H2,1-2H3,(H,15,17)(H,18,19). The van der Waals surface area contributed by atoms with Crippen LogP contribution in [0.4, 0.5) is 0 Å². The Balaban J connectivity index is 2.57. The van der Waals surface area contributed by atoms with Crippen LogP contribution in [-0.2, 0) is 9.59 Å². The van der Waals surface area contributed by atoms with Crippen LogP contribution in [0.15, 0.2) is 18.2 Å². The molecule has 0 aromatic heterocycles. The van der Waals surface area contributed by atoms with E-state index in [1.807, 2.05) is 0 Å². The lowest BCUT2D eigenvalue weighted by atomic mass is 10.2. The lowest BCUT2D eigenvalue weighted by molar-refractivity contribution is -0.145. The Kier molecular flexibility index (Phi) is 5.79. The molecule has 1 rings (SSSR count). The van der Waals surface area contributed by atoms with Crippen molar-refractivity contribution in [1.82, 2.24) is 5.32 Å². The molecular weight excluding hydrogens is 286 g/mol. The number of carbonyl (C=O) groups excluding carboxylic acids is 1. The van der Waals surface area contributed by atoms with Crippen LogP contribution in [0.2, 0.25) is 5.02 Å². The Bertz CT molecular complexity index is 504. The van der Waals surface area contributed by atoms with Crippen LogP contribution >= 0.6 is 11.6 Å². The lowest BCUT2D eigenvalue weighted by Gasteiger charge is -2.17. The van der Waals surface area contributed by atoms with E-state index >= 15 is 0 Å². The minimum Gasteiger partial charge on any atom is -0.484 e. The Morgan fingerprint density at radius 1 is 1.45 bits per heavy atom. The second kappa shape index (κ2) is 7.12. The fraction of sp³-hybridized carbons (Fsp3) is 0.385.